The van der Waals surface area contributed by atoms with Crippen molar-refractivity contribution in [1.29, 1.82) is 0 Å². The van der Waals surface area contributed by atoms with E-state index < -0.39 is 5.60 Å². The van der Waals surface area contributed by atoms with Gasteiger partial charge >= 0.3 is 6.09 Å². The summed E-state index contributed by atoms with van der Waals surface area (Å²) in [5.74, 6) is 0. The number of benzene rings is 1. The van der Waals surface area contributed by atoms with Crippen molar-refractivity contribution in [2.45, 2.75) is 32.4 Å². The number of carbonyl (C=O) groups is 1. The summed E-state index contributed by atoms with van der Waals surface area (Å²) in [4.78, 5) is 14.4. The Morgan fingerprint density at radius 3 is 2.50 bits per heavy atom. The molecule has 1 atom stereocenters. The van der Waals surface area contributed by atoms with Crippen molar-refractivity contribution in [3.63, 3.8) is 0 Å². The van der Waals surface area contributed by atoms with E-state index in [0.717, 1.165) is 38.4 Å². The van der Waals surface area contributed by atoms with Crippen molar-refractivity contribution in [2.75, 3.05) is 32.8 Å². The van der Waals surface area contributed by atoms with Crippen LogP contribution in [0.25, 0.3) is 0 Å². The molecule has 0 aromatic heterocycles. The Hall–Kier alpha value is -1.59. The number of amides is 1. The van der Waals surface area contributed by atoms with Crippen LogP contribution in [0.5, 0.6) is 0 Å². The number of hydrogen-bond acceptors (Lipinski definition) is 4. The van der Waals surface area contributed by atoms with E-state index in [0.29, 0.717) is 0 Å². The van der Waals surface area contributed by atoms with Gasteiger partial charge in [0.1, 0.15) is 5.60 Å². The lowest BCUT2D eigenvalue weighted by Crippen LogP contribution is -2.44. The highest BCUT2D eigenvalue weighted by molar-refractivity contribution is 5.68. The summed E-state index contributed by atoms with van der Waals surface area (Å²) in [7, 11) is 0. The van der Waals surface area contributed by atoms with Gasteiger partial charge < -0.3 is 14.8 Å². The summed E-state index contributed by atoms with van der Waals surface area (Å²) < 4.78 is 10.8. The van der Waals surface area contributed by atoms with E-state index in [2.05, 4.69) is 10.2 Å². The summed E-state index contributed by atoms with van der Waals surface area (Å²) in [5, 5.41) is 2.99. The minimum atomic E-state index is -0.496. The van der Waals surface area contributed by atoms with E-state index in [4.69, 9.17) is 9.47 Å². The molecule has 0 saturated carbocycles. The maximum atomic E-state index is 12.1. The highest BCUT2D eigenvalue weighted by atomic mass is 16.6. The minimum absolute atomic E-state index is 0.0888. The fraction of sp³-hybridized carbons (Fsp3) is 0.588. The minimum Gasteiger partial charge on any atom is -0.444 e. The average Bonchev–Trinajstić information content (AvgIpc) is 2.47. The molecule has 0 aliphatic carbocycles. The van der Waals surface area contributed by atoms with Gasteiger partial charge in [-0.05, 0) is 26.3 Å². The molecule has 0 spiro atoms. The topological polar surface area (TPSA) is 50.8 Å². The zero-order chi connectivity index (χ0) is 16.0. The van der Waals surface area contributed by atoms with E-state index in [1.54, 1.807) is 0 Å². The molecular weight excluding hydrogens is 280 g/mol. The van der Waals surface area contributed by atoms with Crippen molar-refractivity contribution in [3.8, 4) is 0 Å². The molecule has 2 rings (SSSR count). The summed E-state index contributed by atoms with van der Waals surface area (Å²) in [5.41, 5.74) is 0.587. The van der Waals surface area contributed by atoms with Crippen molar-refractivity contribution < 1.29 is 14.3 Å². The quantitative estimate of drug-likeness (QED) is 0.929. The maximum absolute atomic E-state index is 12.1. The Balaban J connectivity index is 2.03. The van der Waals surface area contributed by atoms with Gasteiger partial charge in [-0.15, -0.1) is 0 Å². The monoisotopic (exact) mass is 306 g/mol. The predicted molar refractivity (Wildman–Crippen MR) is 85.8 cm³/mol. The van der Waals surface area contributed by atoms with Crippen molar-refractivity contribution in [2.24, 2.45) is 0 Å². The molecule has 1 aromatic rings. The normalized spacial score (nSPS) is 17.8. The third-order valence-electron chi connectivity index (χ3n) is 3.44. The summed E-state index contributed by atoms with van der Waals surface area (Å²) in [6.45, 7) is 9.62. The second-order valence-corrected chi connectivity index (χ2v) is 6.52. The van der Waals surface area contributed by atoms with Crippen molar-refractivity contribution >= 4 is 6.09 Å². The zero-order valence-corrected chi connectivity index (χ0v) is 13.7. The predicted octanol–water partition coefficient (Wildman–Crippen LogP) is 2.58. The van der Waals surface area contributed by atoms with Crippen LogP contribution in [0.1, 0.15) is 32.4 Å². The molecule has 22 heavy (non-hydrogen) atoms. The van der Waals surface area contributed by atoms with E-state index >= 15 is 0 Å². The Morgan fingerprint density at radius 1 is 1.27 bits per heavy atom. The molecule has 1 N–H and O–H groups in total. The number of ether oxygens (including phenoxy) is 2. The fourth-order valence-corrected chi connectivity index (χ4v) is 2.41. The summed E-state index contributed by atoms with van der Waals surface area (Å²) in [6.07, 6.45) is -0.380. The van der Waals surface area contributed by atoms with Crippen LogP contribution in [-0.2, 0) is 9.47 Å². The van der Waals surface area contributed by atoms with Crippen LogP contribution in [0.4, 0.5) is 4.79 Å². The van der Waals surface area contributed by atoms with Gasteiger partial charge in [-0.2, -0.15) is 0 Å². The molecule has 1 aromatic carbocycles. The fourth-order valence-electron chi connectivity index (χ4n) is 2.41. The first-order chi connectivity index (χ1) is 10.4. The largest absolute Gasteiger partial charge is 0.444 e. The van der Waals surface area contributed by atoms with Crippen LogP contribution in [0.15, 0.2) is 30.3 Å². The zero-order valence-electron chi connectivity index (χ0n) is 13.7. The van der Waals surface area contributed by atoms with E-state index in [9.17, 15) is 4.79 Å². The Bertz CT molecular complexity index is 465. The lowest BCUT2D eigenvalue weighted by molar-refractivity contribution is 0.0288. The summed E-state index contributed by atoms with van der Waals surface area (Å²) >= 11 is 0. The maximum Gasteiger partial charge on any atom is 0.408 e. The van der Waals surface area contributed by atoms with Gasteiger partial charge in [0.15, 0.2) is 0 Å². The molecule has 0 unspecified atom stereocenters. The first-order valence-corrected chi connectivity index (χ1v) is 7.78. The van der Waals surface area contributed by atoms with Crippen LogP contribution < -0.4 is 5.32 Å². The standard InChI is InChI=1S/C17H26N2O3/c1-17(2,3)22-16(20)18-15(14-7-5-4-6-8-14)13-19-9-11-21-12-10-19/h4-8,15H,9-13H2,1-3H3,(H,18,20)/t15-/m0/s1. The molecule has 0 bridgehead atoms. The van der Waals surface area contributed by atoms with Crippen molar-refractivity contribution in [3.05, 3.63) is 35.9 Å². The third kappa shape index (κ3) is 5.66. The van der Waals surface area contributed by atoms with Crippen LogP contribution in [0, 0.1) is 0 Å². The smallest absolute Gasteiger partial charge is 0.408 e. The van der Waals surface area contributed by atoms with E-state index in [-0.39, 0.29) is 12.1 Å². The lowest BCUT2D eigenvalue weighted by Gasteiger charge is -2.31. The number of morpholine rings is 1. The lowest BCUT2D eigenvalue weighted by atomic mass is 10.1. The number of nitrogens with zero attached hydrogens (tertiary/aromatic N) is 1. The average molecular weight is 306 g/mol. The Labute approximate surface area is 132 Å². The SMILES string of the molecule is CC(C)(C)OC(=O)N[C@@H](CN1CCOCC1)c1ccccc1. The molecule has 1 amide bonds. The molecule has 0 radical (unpaired) electrons. The van der Waals surface area contributed by atoms with Crippen LogP contribution in [0.2, 0.25) is 0 Å². The molecule has 122 valence electrons. The van der Waals surface area contributed by atoms with Gasteiger partial charge in [0.05, 0.1) is 19.3 Å². The Morgan fingerprint density at radius 2 is 1.91 bits per heavy atom. The second-order valence-electron chi connectivity index (χ2n) is 6.52. The summed E-state index contributed by atoms with van der Waals surface area (Å²) in [6, 6.07) is 9.92. The number of alkyl carbamates (subject to hydrolysis) is 1. The first-order valence-electron chi connectivity index (χ1n) is 7.78. The molecule has 5 heteroatoms. The highest BCUT2D eigenvalue weighted by Gasteiger charge is 2.23. The molecule has 1 aliphatic heterocycles. The van der Waals surface area contributed by atoms with Gasteiger partial charge in [0.25, 0.3) is 0 Å². The molecule has 1 aliphatic rings. The van der Waals surface area contributed by atoms with Crippen LogP contribution >= 0.6 is 0 Å². The Kier molecular flexibility index (Phi) is 5.80. The number of hydrogen-bond donors (Lipinski definition) is 1. The molecule has 1 fully saturated rings. The van der Waals surface area contributed by atoms with Crippen molar-refractivity contribution in [1.82, 2.24) is 10.2 Å². The number of rotatable bonds is 4. The highest BCUT2D eigenvalue weighted by Crippen LogP contribution is 2.16. The van der Waals surface area contributed by atoms with Gasteiger partial charge in [0.2, 0.25) is 0 Å². The van der Waals surface area contributed by atoms with E-state index in [1.165, 1.54) is 0 Å². The van der Waals surface area contributed by atoms with E-state index in [1.807, 2.05) is 51.1 Å². The molecular formula is C17H26N2O3. The molecule has 1 saturated heterocycles. The van der Waals surface area contributed by atoms with Gasteiger partial charge in [-0.1, -0.05) is 30.3 Å². The third-order valence-corrected chi connectivity index (χ3v) is 3.44. The number of nitrogens with one attached hydrogen (secondary N) is 1. The molecule has 1 heterocycles. The van der Waals surface area contributed by atoms with Crippen LogP contribution in [-0.4, -0.2) is 49.4 Å². The van der Waals surface area contributed by atoms with Crippen LogP contribution in [0.3, 0.4) is 0 Å². The van der Waals surface area contributed by atoms with Gasteiger partial charge in [-0.3, -0.25) is 4.90 Å². The van der Waals surface area contributed by atoms with Gasteiger partial charge in [0, 0.05) is 19.6 Å². The second kappa shape index (κ2) is 7.61. The first kappa shape index (κ1) is 16.8. The molecule has 5 nitrogen and oxygen atoms in total. The van der Waals surface area contributed by atoms with Gasteiger partial charge in [-0.25, -0.2) is 4.79 Å². The number of carbonyl (C=O) groups excluding carboxylic acids is 1.